The van der Waals surface area contributed by atoms with E-state index in [9.17, 15) is 14.7 Å². The highest BCUT2D eigenvalue weighted by atomic mass is 32.2. The molecule has 2 amide bonds. The van der Waals surface area contributed by atoms with Crippen LogP contribution in [-0.2, 0) is 16.1 Å². The van der Waals surface area contributed by atoms with Gasteiger partial charge < -0.3 is 20.5 Å². The first-order valence-corrected chi connectivity index (χ1v) is 9.27. The summed E-state index contributed by atoms with van der Waals surface area (Å²) in [4.78, 5) is 24.9. The smallest absolute Gasteiger partial charge is 0.309 e. The number of hydrogen-bond donors (Lipinski definition) is 3. The van der Waals surface area contributed by atoms with E-state index >= 15 is 0 Å². The molecule has 2 rings (SSSR count). The van der Waals surface area contributed by atoms with Crippen molar-refractivity contribution in [3.8, 4) is 5.75 Å². The molecule has 138 valence electrons. The minimum absolute atomic E-state index is 0.0421. The molecule has 3 N–H and O–H groups in total. The molecule has 2 aromatic carbocycles. The lowest BCUT2D eigenvalue weighted by atomic mass is 10.1. The summed E-state index contributed by atoms with van der Waals surface area (Å²) in [5.74, 6) is -0.919. The first-order chi connectivity index (χ1) is 12.5. The molecule has 0 aromatic heterocycles. The van der Waals surface area contributed by atoms with Gasteiger partial charge in [0.2, 0.25) is 0 Å². The van der Waals surface area contributed by atoms with Gasteiger partial charge in [0.05, 0.1) is 13.2 Å². The molecule has 6 nitrogen and oxygen atoms in total. The molecule has 0 bridgehead atoms. The van der Waals surface area contributed by atoms with Crippen molar-refractivity contribution in [2.45, 2.75) is 17.5 Å². The number of nitrogens with one attached hydrogen (secondary N) is 2. The monoisotopic (exact) mass is 374 g/mol. The maximum atomic E-state index is 11.9. The second kappa shape index (κ2) is 9.84. The van der Waals surface area contributed by atoms with Crippen molar-refractivity contribution in [1.82, 2.24) is 10.6 Å². The Labute approximate surface area is 156 Å². The zero-order valence-electron chi connectivity index (χ0n) is 14.7. The summed E-state index contributed by atoms with van der Waals surface area (Å²) < 4.78 is 5.20. The summed E-state index contributed by atoms with van der Waals surface area (Å²) >= 11 is 1.60. The summed E-state index contributed by atoms with van der Waals surface area (Å²) in [5.41, 5.74) is 1.45. The average molecular weight is 374 g/mol. The molecule has 0 fully saturated rings. The average Bonchev–Trinajstić information content (AvgIpc) is 2.70. The van der Waals surface area contributed by atoms with Gasteiger partial charge in [-0.1, -0.05) is 30.3 Å². The number of carbonyl (C=O) groups excluding carboxylic acids is 2. The lowest BCUT2D eigenvalue weighted by Crippen LogP contribution is -2.41. The Morgan fingerprint density at radius 1 is 1.08 bits per heavy atom. The van der Waals surface area contributed by atoms with Gasteiger partial charge in [-0.05, 0) is 30.0 Å². The lowest BCUT2D eigenvalue weighted by molar-refractivity contribution is -0.139. The van der Waals surface area contributed by atoms with Crippen molar-refractivity contribution in [3.63, 3.8) is 0 Å². The van der Waals surface area contributed by atoms with Gasteiger partial charge >= 0.3 is 11.8 Å². The van der Waals surface area contributed by atoms with E-state index in [0.29, 0.717) is 11.3 Å². The molecule has 0 aliphatic rings. The molecule has 1 unspecified atom stereocenters. The normalized spacial score (nSPS) is 11.5. The Kier molecular flexibility index (Phi) is 7.50. The van der Waals surface area contributed by atoms with E-state index in [2.05, 4.69) is 10.6 Å². The maximum Gasteiger partial charge on any atom is 0.309 e. The molecular weight excluding hydrogens is 352 g/mol. The number of methoxy groups -OCH3 is 1. The lowest BCUT2D eigenvalue weighted by Gasteiger charge is -2.13. The Balaban J connectivity index is 1.81. The number of hydrogen-bond acceptors (Lipinski definition) is 5. The Morgan fingerprint density at radius 3 is 2.38 bits per heavy atom. The summed E-state index contributed by atoms with van der Waals surface area (Å²) in [6.07, 6.45) is 1.09. The molecule has 0 spiro atoms. The zero-order valence-corrected chi connectivity index (χ0v) is 15.5. The number of ether oxygens (including phenoxy) is 1. The van der Waals surface area contributed by atoms with E-state index in [1.54, 1.807) is 43.1 Å². The van der Waals surface area contributed by atoms with Crippen LogP contribution in [0.3, 0.4) is 0 Å². The highest BCUT2D eigenvalue weighted by Crippen LogP contribution is 2.19. The third-order valence-corrected chi connectivity index (χ3v) is 4.54. The van der Waals surface area contributed by atoms with Crippen molar-refractivity contribution in [3.05, 3.63) is 59.7 Å². The van der Waals surface area contributed by atoms with Gasteiger partial charge in [-0.15, -0.1) is 11.8 Å². The number of aliphatic hydroxyl groups is 1. The van der Waals surface area contributed by atoms with E-state index in [-0.39, 0.29) is 13.1 Å². The second-order valence-electron chi connectivity index (χ2n) is 5.49. The minimum Gasteiger partial charge on any atom is -0.496 e. The number of amides is 2. The minimum atomic E-state index is -0.878. The van der Waals surface area contributed by atoms with Crippen LogP contribution < -0.4 is 15.4 Å². The number of benzene rings is 2. The first-order valence-electron chi connectivity index (χ1n) is 8.05. The molecule has 0 aliphatic carbocycles. The predicted octanol–water partition coefficient (Wildman–Crippen LogP) is 1.88. The topological polar surface area (TPSA) is 87.7 Å². The third kappa shape index (κ3) is 5.50. The van der Waals surface area contributed by atoms with Crippen LogP contribution in [0.25, 0.3) is 0 Å². The summed E-state index contributed by atoms with van der Waals surface area (Å²) in [7, 11) is 1.54. The number of thioether (sulfide) groups is 1. The van der Waals surface area contributed by atoms with E-state index in [0.717, 1.165) is 10.5 Å². The number of rotatable bonds is 7. The van der Waals surface area contributed by atoms with Crippen LogP contribution in [-0.4, -0.2) is 36.8 Å². The van der Waals surface area contributed by atoms with Crippen LogP contribution in [0.4, 0.5) is 0 Å². The summed E-state index contributed by atoms with van der Waals surface area (Å²) in [6, 6.07) is 14.6. The van der Waals surface area contributed by atoms with Gasteiger partial charge in [0.15, 0.2) is 0 Å². The van der Waals surface area contributed by atoms with Crippen LogP contribution >= 0.6 is 11.8 Å². The summed E-state index contributed by atoms with van der Waals surface area (Å²) in [6.45, 7) is 0.133. The molecule has 7 heteroatoms. The fraction of sp³-hybridized carbons (Fsp3) is 0.263. The van der Waals surface area contributed by atoms with Gasteiger partial charge in [-0.2, -0.15) is 0 Å². The van der Waals surface area contributed by atoms with Crippen LogP contribution in [0, 0.1) is 0 Å². The van der Waals surface area contributed by atoms with E-state index in [1.165, 1.54) is 0 Å². The summed E-state index contributed by atoms with van der Waals surface area (Å²) in [5, 5.41) is 15.1. The van der Waals surface area contributed by atoms with Crippen molar-refractivity contribution < 1.29 is 19.4 Å². The molecule has 1 atom stereocenters. The van der Waals surface area contributed by atoms with Crippen LogP contribution in [0.5, 0.6) is 5.75 Å². The van der Waals surface area contributed by atoms with Crippen LogP contribution in [0.2, 0.25) is 0 Å². The highest BCUT2D eigenvalue weighted by Gasteiger charge is 2.16. The largest absolute Gasteiger partial charge is 0.496 e. The van der Waals surface area contributed by atoms with Gasteiger partial charge in [0.1, 0.15) is 5.75 Å². The standard InChI is InChI=1S/C19H22N2O4S/c1-25-17-6-4-3-5-14(17)11-20-18(23)19(24)21-12-16(22)13-7-9-15(26-2)10-8-13/h3-10,16,22H,11-12H2,1-2H3,(H,20,23)(H,21,24). The Bertz CT molecular complexity index is 749. The van der Waals surface area contributed by atoms with Gasteiger partial charge in [-0.25, -0.2) is 0 Å². The molecule has 0 aliphatic heterocycles. The maximum absolute atomic E-state index is 11.9. The van der Waals surface area contributed by atoms with Gasteiger partial charge in [0, 0.05) is 23.5 Å². The second-order valence-corrected chi connectivity index (χ2v) is 6.37. The van der Waals surface area contributed by atoms with Crippen molar-refractivity contribution >= 4 is 23.6 Å². The SMILES string of the molecule is COc1ccccc1CNC(=O)C(=O)NCC(O)c1ccc(SC)cc1. The van der Waals surface area contributed by atoms with E-state index in [1.807, 2.05) is 30.5 Å². The first kappa shape index (κ1) is 19.8. The number of para-hydroxylation sites is 1. The van der Waals surface area contributed by atoms with Gasteiger partial charge in [0.25, 0.3) is 0 Å². The Hall–Kier alpha value is -2.51. The molecule has 0 heterocycles. The molecule has 26 heavy (non-hydrogen) atoms. The van der Waals surface area contributed by atoms with Crippen molar-refractivity contribution in [2.24, 2.45) is 0 Å². The van der Waals surface area contributed by atoms with E-state index < -0.39 is 17.9 Å². The Morgan fingerprint density at radius 2 is 1.73 bits per heavy atom. The molecule has 2 aromatic rings. The quantitative estimate of drug-likeness (QED) is 0.509. The number of carbonyl (C=O) groups is 2. The highest BCUT2D eigenvalue weighted by molar-refractivity contribution is 7.98. The fourth-order valence-corrected chi connectivity index (χ4v) is 2.73. The van der Waals surface area contributed by atoms with Gasteiger partial charge in [-0.3, -0.25) is 9.59 Å². The predicted molar refractivity (Wildman–Crippen MR) is 101 cm³/mol. The number of aliphatic hydroxyl groups excluding tert-OH is 1. The fourth-order valence-electron chi connectivity index (χ4n) is 2.32. The van der Waals surface area contributed by atoms with Crippen molar-refractivity contribution in [1.29, 1.82) is 0 Å². The molecule has 0 saturated heterocycles. The molecule has 0 saturated carbocycles. The van der Waals surface area contributed by atoms with Crippen molar-refractivity contribution in [2.75, 3.05) is 19.9 Å². The third-order valence-electron chi connectivity index (χ3n) is 3.79. The van der Waals surface area contributed by atoms with Crippen LogP contribution in [0.1, 0.15) is 17.2 Å². The molecule has 0 radical (unpaired) electrons. The van der Waals surface area contributed by atoms with Crippen LogP contribution in [0.15, 0.2) is 53.4 Å². The molecular formula is C19H22N2O4S. The van der Waals surface area contributed by atoms with E-state index in [4.69, 9.17) is 4.74 Å². The zero-order chi connectivity index (χ0) is 18.9.